The van der Waals surface area contributed by atoms with E-state index in [1.54, 1.807) is 0 Å². The first-order chi connectivity index (χ1) is 9.14. The van der Waals surface area contributed by atoms with Gasteiger partial charge in [-0.25, -0.2) is 21.9 Å². The summed E-state index contributed by atoms with van der Waals surface area (Å²) in [5.41, 5.74) is 4.80. The molecule has 3 N–H and O–H groups in total. The number of thioether (sulfide) groups is 1. The Balaban J connectivity index is 3.11. The maximum Gasteiger partial charge on any atom is 0.243 e. The van der Waals surface area contributed by atoms with Crippen molar-refractivity contribution in [2.24, 2.45) is 5.73 Å². The first-order valence-corrected chi connectivity index (χ1v) is 8.57. The van der Waals surface area contributed by atoms with Crippen LogP contribution in [0.15, 0.2) is 17.0 Å². The Labute approximate surface area is 122 Å². The van der Waals surface area contributed by atoms with Gasteiger partial charge in [0, 0.05) is 23.4 Å². The quantitative estimate of drug-likeness (QED) is 0.837. The summed E-state index contributed by atoms with van der Waals surface area (Å²) in [6.07, 6.45) is 1.85. The molecule has 1 rings (SSSR count). The largest absolute Gasteiger partial charge is 0.326 e. The van der Waals surface area contributed by atoms with E-state index in [2.05, 4.69) is 4.72 Å². The minimum absolute atomic E-state index is 0.130. The summed E-state index contributed by atoms with van der Waals surface area (Å²) in [4.78, 5) is -0.587. The van der Waals surface area contributed by atoms with Crippen LogP contribution in [0.25, 0.3) is 0 Å². The van der Waals surface area contributed by atoms with Crippen LogP contribution in [0.5, 0.6) is 0 Å². The molecular weight excluding hydrogens is 306 g/mol. The Morgan fingerprint density at radius 3 is 2.45 bits per heavy atom. The molecule has 4 nitrogen and oxygen atoms in total. The number of sulfonamides is 1. The molecule has 0 atom stereocenters. The monoisotopic (exact) mass is 324 g/mol. The minimum Gasteiger partial charge on any atom is -0.326 e. The Morgan fingerprint density at radius 2 is 1.95 bits per heavy atom. The highest BCUT2D eigenvalue weighted by atomic mass is 32.2. The van der Waals surface area contributed by atoms with Gasteiger partial charge in [-0.2, -0.15) is 11.8 Å². The molecule has 0 amide bonds. The zero-order valence-electron chi connectivity index (χ0n) is 11.5. The van der Waals surface area contributed by atoms with E-state index in [1.807, 2.05) is 20.1 Å². The summed E-state index contributed by atoms with van der Waals surface area (Å²) in [7, 11) is -4.04. The second kappa shape index (κ2) is 6.38. The first kappa shape index (κ1) is 17.4. The van der Waals surface area contributed by atoms with Crippen molar-refractivity contribution in [2.75, 3.05) is 12.8 Å². The lowest BCUT2D eigenvalue weighted by atomic mass is 10.2. The van der Waals surface area contributed by atoms with Gasteiger partial charge in [-0.15, -0.1) is 0 Å². The van der Waals surface area contributed by atoms with Gasteiger partial charge in [0.2, 0.25) is 10.0 Å². The molecule has 0 aliphatic carbocycles. The van der Waals surface area contributed by atoms with Crippen molar-refractivity contribution in [3.63, 3.8) is 0 Å². The minimum atomic E-state index is -4.04. The lowest BCUT2D eigenvalue weighted by molar-refractivity contribution is 0.523. The van der Waals surface area contributed by atoms with Crippen molar-refractivity contribution in [2.45, 2.75) is 30.0 Å². The third-order valence-electron chi connectivity index (χ3n) is 2.88. The summed E-state index contributed by atoms with van der Waals surface area (Å²) in [5, 5.41) is 0. The lowest BCUT2D eigenvalue weighted by Crippen LogP contribution is -2.36. The van der Waals surface area contributed by atoms with Crippen molar-refractivity contribution in [3.05, 3.63) is 29.3 Å². The summed E-state index contributed by atoms with van der Waals surface area (Å²) < 4.78 is 53.4. The molecule has 0 aliphatic heterocycles. The Kier molecular flexibility index (Phi) is 5.54. The lowest BCUT2D eigenvalue weighted by Gasteiger charge is -2.22. The summed E-state index contributed by atoms with van der Waals surface area (Å²) in [6.45, 7) is 3.43. The van der Waals surface area contributed by atoms with Gasteiger partial charge in [0.15, 0.2) is 5.82 Å². The first-order valence-electron chi connectivity index (χ1n) is 5.86. The SMILES string of the molecule is CSC(C)(C)CNS(=O)(=O)c1ccc(F)c(CN)c1F. The van der Waals surface area contributed by atoms with Gasteiger partial charge in [0.25, 0.3) is 0 Å². The van der Waals surface area contributed by atoms with Crippen LogP contribution in [-0.4, -0.2) is 26.0 Å². The fourth-order valence-electron chi connectivity index (χ4n) is 1.39. The van der Waals surface area contributed by atoms with Crippen LogP contribution in [0.3, 0.4) is 0 Å². The third-order valence-corrected chi connectivity index (χ3v) is 5.55. The van der Waals surface area contributed by atoms with Crippen LogP contribution in [0.2, 0.25) is 0 Å². The zero-order valence-corrected chi connectivity index (χ0v) is 13.2. The molecule has 0 aromatic heterocycles. The number of nitrogens with two attached hydrogens (primary N) is 1. The molecule has 0 radical (unpaired) electrons. The Hall–Kier alpha value is -0.700. The number of hydrogen-bond donors (Lipinski definition) is 2. The molecule has 0 spiro atoms. The fraction of sp³-hybridized carbons (Fsp3) is 0.500. The second-order valence-corrected chi connectivity index (χ2v) is 8.08. The molecule has 1 aromatic rings. The average Bonchev–Trinajstić information content (AvgIpc) is 2.37. The van der Waals surface area contributed by atoms with Gasteiger partial charge in [-0.3, -0.25) is 0 Å². The number of rotatable bonds is 6. The van der Waals surface area contributed by atoms with Crippen molar-refractivity contribution in [1.82, 2.24) is 4.72 Å². The molecule has 20 heavy (non-hydrogen) atoms. The molecule has 0 heterocycles. The van der Waals surface area contributed by atoms with Gasteiger partial charge >= 0.3 is 0 Å². The number of hydrogen-bond acceptors (Lipinski definition) is 4. The zero-order chi connectivity index (χ0) is 15.6. The summed E-state index contributed by atoms with van der Waals surface area (Å²) in [6, 6.07) is 1.80. The van der Waals surface area contributed by atoms with Crippen LogP contribution >= 0.6 is 11.8 Å². The maximum atomic E-state index is 14.0. The predicted octanol–water partition coefficient (Wildman–Crippen LogP) is 1.84. The van der Waals surface area contributed by atoms with Crippen LogP contribution < -0.4 is 10.5 Å². The van der Waals surface area contributed by atoms with Gasteiger partial charge < -0.3 is 5.73 Å². The fourth-order valence-corrected chi connectivity index (χ4v) is 3.01. The van der Waals surface area contributed by atoms with Crippen LogP contribution in [0.1, 0.15) is 19.4 Å². The van der Waals surface area contributed by atoms with Crippen LogP contribution in [0.4, 0.5) is 8.78 Å². The Bertz CT molecular complexity index is 589. The molecular formula is C12H18F2N2O2S2. The molecule has 8 heteroatoms. The molecule has 0 aliphatic rings. The normalized spacial score (nSPS) is 12.7. The van der Waals surface area contributed by atoms with Gasteiger partial charge in [-0.1, -0.05) is 0 Å². The molecule has 0 bridgehead atoms. The Morgan fingerprint density at radius 1 is 1.35 bits per heavy atom. The van der Waals surface area contributed by atoms with Gasteiger partial charge in [0.1, 0.15) is 10.7 Å². The molecule has 0 saturated carbocycles. The third kappa shape index (κ3) is 3.91. The van der Waals surface area contributed by atoms with Crippen molar-refractivity contribution < 1.29 is 17.2 Å². The van der Waals surface area contributed by atoms with Crippen molar-refractivity contribution >= 4 is 21.8 Å². The van der Waals surface area contributed by atoms with E-state index in [0.717, 1.165) is 12.1 Å². The average molecular weight is 324 g/mol. The van der Waals surface area contributed by atoms with E-state index in [9.17, 15) is 17.2 Å². The number of halogens is 2. The molecule has 114 valence electrons. The van der Waals surface area contributed by atoms with Gasteiger partial charge in [0.05, 0.1) is 0 Å². The topological polar surface area (TPSA) is 72.2 Å². The molecule has 0 saturated heterocycles. The molecule has 1 aromatic carbocycles. The van der Waals surface area contributed by atoms with E-state index in [4.69, 9.17) is 5.73 Å². The number of nitrogens with one attached hydrogen (secondary N) is 1. The van der Waals surface area contributed by atoms with Crippen molar-refractivity contribution in [1.29, 1.82) is 0 Å². The number of benzene rings is 1. The summed E-state index contributed by atoms with van der Waals surface area (Å²) in [5.74, 6) is -1.99. The highest BCUT2D eigenvalue weighted by Crippen LogP contribution is 2.23. The summed E-state index contributed by atoms with van der Waals surface area (Å²) >= 11 is 1.48. The van der Waals surface area contributed by atoms with E-state index < -0.39 is 38.7 Å². The predicted molar refractivity (Wildman–Crippen MR) is 77.0 cm³/mol. The standard InChI is InChI=1S/C12H18F2N2O2S2/c1-12(2,19-3)7-16-20(17,18)10-5-4-9(13)8(6-15)11(10)14/h4-5,16H,6-7,15H2,1-3H3. The van der Waals surface area contributed by atoms with Crippen LogP contribution in [0, 0.1) is 11.6 Å². The second-order valence-electron chi connectivity index (χ2n) is 4.83. The molecule has 0 unspecified atom stereocenters. The maximum absolute atomic E-state index is 14.0. The van der Waals surface area contributed by atoms with E-state index in [-0.39, 0.29) is 11.3 Å². The smallest absolute Gasteiger partial charge is 0.243 e. The van der Waals surface area contributed by atoms with Crippen LogP contribution in [-0.2, 0) is 16.6 Å². The molecule has 0 fully saturated rings. The van der Waals surface area contributed by atoms with E-state index in [0.29, 0.717) is 0 Å². The highest BCUT2D eigenvalue weighted by Gasteiger charge is 2.25. The van der Waals surface area contributed by atoms with Gasteiger partial charge in [-0.05, 0) is 32.2 Å². The van der Waals surface area contributed by atoms with E-state index in [1.165, 1.54) is 11.8 Å². The highest BCUT2D eigenvalue weighted by molar-refractivity contribution is 8.00. The van der Waals surface area contributed by atoms with Crippen molar-refractivity contribution in [3.8, 4) is 0 Å². The van der Waals surface area contributed by atoms with E-state index >= 15 is 0 Å².